The van der Waals surface area contributed by atoms with Crippen LogP contribution in [0.1, 0.15) is 23.0 Å². The highest BCUT2D eigenvalue weighted by molar-refractivity contribution is 5.94. The molecule has 1 aromatic carbocycles. The van der Waals surface area contributed by atoms with E-state index in [4.69, 9.17) is 9.15 Å². The molecule has 3 aromatic rings. The van der Waals surface area contributed by atoms with Gasteiger partial charge in [0.2, 0.25) is 5.65 Å². The minimum Gasteiger partial charge on any atom is -0.422 e. The Morgan fingerprint density at radius 3 is 2.37 bits per heavy atom. The lowest BCUT2D eigenvalue weighted by atomic mass is 10.1. The van der Waals surface area contributed by atoms with Gasteiger partial charge >= 0.3 is 6.18 Å². The van der Waals surface area contributed by atoms with Crippen LogP contribution in [0.3, 0.4) is 0 Å². The number of hydrogen-bond acceptors (Lipinski definition) is 7. The summed E-state index contributed by atoms with van der Waals surface area (Å²) in [5, 5.41) is 0. The minimum atomic E-state index is -4.35. The molecule has 1 amide bonds. The van der Waals surface area contributed by atoms with Crippen molar-refractivity contribution in [1.29, 1.82) is 0 Å². The molecule has 0 saturated carbocycles. The molecular weight excluding hydrogens is 463 g/mol. The number of rotatable bonds is 5. The Morgan fingerprint density at radius 2 is 1.71 bits per heavy atom. The lowest BCUT2D eigenvalue weighted by Crippen LogP contribution is -2.54. The molecule has 2 aliphatic rings. The van der Waals surface area contributed by atoms with Crippen molar-refractivity contribution in [2.75, 3.05) is 49.1 Å². The minimum absolute atomic E-state index is 0.0603. The van der Waals surface area contributed by atoms with Gasteiger partial charge in [0.25, 0.3) is 11.9 Å². The van der Waals surface area contributed by atoms with Crippen molar-refractivity contribution in [2.45, 2.75) is 32.2 Å². The molecule has 2 saturated heterocycles. The molecule has 186 valence electrons. The standard InChI is InChI=1S/C24H26F3N5O3/c1-15-3-8-20-21(28-15)29-23(35-20)31-11-9-30(10-12-31)22(33)17-4-6-18(7-5-17)32-13-19(14-32)34-16(2)24(25,26)27/h3-8,16,19H,9-14H2,1-2H3/t16-/m0/s1. The van der Waals surface area contributed by atoms with Crippen LogP contribution < -0.4 is 9.80 Å². The van der Waals surface area contributed by atoms with E-state index < -0.39 is 18.4 Å². The molecule has 0 aliphatic carbocycles. The first-order valence-corrected chi connectivity index (χ1v) is 11.5. The van der Waals surface area contributed by atoms with Gasteiger partial charge < -0.3 is 23.9 Å². The number of aryl methyl sites for hydroxylation is 1. The second kappa shape index (κ2) is 9.03. The number of aromatic nitrogens is 2. The third-order valence-corrected chi connectivity index (χ3v) is 6.40. The van der Waals surface area contributed by atoms with E-state index in [1.54, 1.807) is 17.0 Å². The number of anilines is 2. The van der Waals surface area contributed by atoms with Crippen molar-refractivity contribution in [3.63, 3.8) is 0 Å². The SMILES string of the molecule is Cc1ccc2oc(N3CCN(C(=O)c4ccc(N5CC(O[C@@H](C)C(F)(F)F)C5)cc4)CC3)nc2n1. The lowest BCUT2D eigenvalue weighted by Gasteiger charge is -2.42. The molecule has 0 radical (unpaired) electrons. The number of alkyl halides is 3. The molecule has 5 rings (SSSR count). The monoisotopic (exact) mass is 489 g/mol. The number of carbonyl (C=O) groups excluding carboxylic acids is 1. The number of nitrogens with zero attached hydrogens (tertiary/aromatic N) is 5. The normalized spacial score (nSPS) is 18.1. The summed E-state index contributed by atoms with van der Waals surface area (Å²) in [5.41, 5.74) is 3.51. The van der Waals surface area contributed by atoms with E-state index in [1.165, 1.54) is 0 Å². The van der Waals surface area contributed by atoms with Crippen LogP contribution in [-0.4, -0.2) is 78.4 Å². The molecule has 1 atom stereocenters. The van der Waals surface area contributed by atoms with E-state index in [-0.39, 0.29) is 5.91 Å². The Labute approximate surface area is 200 Å². The molecule has 0 bridgehead atoms. The van der Waals surface area contributed by atoms with Crippen LogP contribution in [0, 0.1) is 6.92 Å². The molecule has 2 aromatic heterocycles. The second-order valence-corrected chi connectivity index (χ2v) is 8.94. The summed E-state index contributed by atoms with van der Waals surface area (Å²) >= 11 is 0. The van der Waals surface area contributed by atoms with E-state index in [0.717, 1.165) is 18.3 Å². The summed E-state index contributed by atoms with van der Waals surface area (Å²) < 4.78 is 48.8. The number of pyridine rings is 1. The first kappa shape index (κ1) is 23.4. The predicted octanol–water partition coefficient (Wildman–Crippen LogP) is 3.65. The fourth-order valence-electron chi connectivity index (χ4n) is 4.24. The zero-order valence-corrected chi connectivity index (χ0v) is 19.5. The quantitative estimate of drug-likeness (QED) is 0.542. The van der Waals surface area contributed by atoms with Gasteiger partial charge in [-0.25, -0.2) is 4.98 Å². The summed E-state index contributed by atoms with van der Waals surface area (Å²) in [7, 11) is 0. The largest absolute Gasteiger partial charge is 0.422 e. The van der Waals surface area contributed by atoms with Gasteiger partial charge in [-0.1, -0.05) is 0 Å². The Bertz CT molecular complexity index is 1200. The van der Waals surface area contributed by atoms with Crippen LogP contribution in [0.4, 0.5) is 24.9 Å². The number of halogens is 3. The summed E-state index contributed by atoms with van der Waals surface area (Å²) in [5.74, 6) is -0.0603. The number of piperazine rings is 1. The molecule has 4 heterocycles. The van der Waals surface area contributed by atoms with E-state index >= 15 is 0 Å². The van der Waals surface area contributed by atoms with E-state index in [2.05, 4.69) is 9.97 Å². The summed E-state index contributed by atoms with van der Waals surface area (Å²) in [4.78, 5) is 27.6. The van der Waals surface area contributed by atoms with Gasteiger partial charge in [0.1, 0.15) is 0 Å². The smallest absolute Gasteiger partial charge is 0.414 e. The predicted molar refractivity (Wildman–Crippen MR) is 124 cm³/mol. The van der Waals surface area contributed by atoms with Crippen LogP contribution in [0.15, 0.2) is 40.8 Å². The highest BCUT2D eigenvalue weighted by Gasteiger charge is 2.41. The van der Waals surface area contributed by atoms with Gasteiger partial charge in [0.15, 0.2) is 11.7 Å². The van der Waals surface area contributed by atoms with Crippen molar-refractivity contribution in [2.24, 2.45) is 0 Å². The average molecular weight is 489 g/mol. The molecule has 8 nitrogen and oxygen atoms in total. The Morgan fingerprint density at radius 1 is 1.03 bits per heavy atom. The first-order chi connectivity index (χ1) is 16.7. The summed E-state index contributed by atoms with van der Waals surface area (Å²) in [6.07, 6.45) is -6.59. The van der Waals surface area contributed by atoms with Gasteiger partial charge in [-0.3, -0.25) is 4.79 Å². The fraction of sp³-hybridized carbons (Fsp3) is 0.458. The fourth-order valence-corrected chi connectivity index (χ4v) is 4.24. The summed E-state index contributed by atoms with van der Waals surface area (Å²) in [6.45, 7) is 5.97. The maximum Gasteiger partial charge on any atom is 0.414 e. The number of fused-ring (bicyclic) bond motifs is 1. The topological polar surface area (TPSA) is 74.9 Å². The third-order valence-electron chi connectivity index (χ3n) is 6.40. The van der Waals surface area contributed by atoms with Crippen molar-refractivity contribution in [3.05, 3.63) is 47.7 Å². The van der Waals surface area contributed by atoms with Crippen LogP contribution in [0.2, 0.25) is 0 Å². The number of benzene rings is 1. The maximum absolute atomic E-state index is 13.0. The van der Waals surface area contributed by atoms with E-state index in [1.807, 2.05) is 41.0 Å². The second-order valence-electron chi connectivity index (χ2n) is 8.94. The number of carbonyl (C=O) groups is 1. The van der Waals surface area contributed by atoms with E-state index in [9.17, 15) is 18.0 Å². The van der Waals surface area contributed by atoms with Crippen molar-refractivity contribution < 1.29 is 27.1 Å². The summed E-state index contributed by atoms with van der Waals surface area (Å²) in [6, 6.07) is 11.4. The first-order valence-electron chi connectivity index (χ1n) is 11.5. The number of amides is 1. The van der Waals surface area contributed by atoms with Crippen molar-refractivity contribution in [1.82, 2.24) is 14.9 Å². The Balaban J connectivity index is 1.13. The Kier molecular flexibility index (Phi) is 6.04. The van der Waals surface area contributed by atoms with E-state index in [0.29, 0.717) is 62.1 Å². The maximum atomic E-state index is 13.0. The highest BCUT2D eigenvalue weighted by Crippen LogP contribution is 2.29. The third kappa shape index (κ3) is 4.90. The van der Waals surface area contributed by atoms with Crippen molar-refractivity contribution in [3.8, 4) is 0 Å². The van der Waals surface area contributed by atoms with Gasteiger partial charge in [-0.05, 0) is 50.2 Å². The van der Waals surface area contributed by atoms with Gasteiger partial charge in [0, 0.05) is 56.2 Å². The molecule has 0 spiro atoms. The van der Waals surface area contributed by atoms with Gasteiger partial charge in [0.05, 0.1) is 6.10 Å². The molecular formula is C24H26F3N5O3. The molecule has 0 unspecified atom stereocenters. The highest BCUT2D eigenvalue weighted by atomic mass is 19.4. The van der Waals surface area contributed by atoms with Crippen LogP contribution in [0.25, 0.3) is 11.2 Å². The zero-order valence-electron chi connectivity index (χ0n) is 19.5. The number of oxazole rings is 1. The van der Waals surface area contributed by atoms with Crippen LogP contribution in [0.5, 0.6) is 0 Å². The molecule has 35 heavy (non-hydrogen) atoms. The lowest BCUT2D eigenvalue weighted by molar-refractivity contribution is -0.228. The Hall–Kier alpha value is -3.34. The number of hydrogen-bond donors (Lipinski definition) is 0. The van der Waals surface area contributed by atoms with Gasteiger partial charge in [-0.15, -0.1) is 0 Å². The zero-order chi connectivity index (χ0) is 24.7. The molecule has 2 fully saturated rings. The molecule has 11 heteroatoms. The van der Waals surface area contributed by atoms with Crippen LogP contribution in [-0.2, 0) is 4.74 Å². The molecule has 2 aliphatic heterocycles. The average Bonchev–Trinajstić information content (AvgIpc) is 3.23. The molecule has 0 N–H and O–H groups in total. The van der Waals surface area contributed by atoms with Gasteiger partial charge in [-0.2, -0.15) is 18.2 Å². The van der Waals surface area contributed by atoms with Crippen molar-refractivity contribution >= 4 is 28.8 Å². The number of ether oxygens (including phenoxy) is 1. The van der Waals surface area contributed by atoms with Crippen LogP contribution >= 0.6 is 0 Å².